The van der Waals surface area contributed by atoms with Crippen LogP contribution in [0.2, 0.25) is 0 Å². The molecule has 0 bridgehead atoms. The number of aliphatic hydroxyl groups excluding tert-OH is 1. The molecule has 1 heterocycles. The molecule has 20 heavy (non-hydrogen) atoms. The average molecular weight is 272 g/mol. The molecule has 0 amide bonds. The molecule has 1 atom stereocenters. The zero-order valence-electron chi connectivity index (χ0n) is 11.1. The first-order valence-electron chi connectivity index (χ1n) is 6.45. The molecule has 2 rings (SSSR count). The summed E-state index contributed by atoms with van der Waals surface area (Å²) in [5.74, 6) is 1.26. The molecule has 0 aliphatic rings. The maximum Gasteiger partial charge on any atom is 0.123 e. The Labute approximate surface area is 118 Å². The van der Waals surface area contributed by atoms with Gasteiger partial charge < -0.3 is 20.9 Å². The lowest BCUT2D eigenvalue weighted by molar-refractivity contribution is 0.171. The molecular formula is C15H18N3O2. The van der Waals surface area contributed by atoms with E-state index in [4.69, 9.17) is 10.5 Å². The maximum absolute atomic E-state index is 9.94. The number of aromatic nitrogens is 1. The van der Waals surface area contributed by atoms with Crippen LogP contribution in [0.3, 0.4) is 0 Å². The first-order chi connectivity index (χ1) is 9.75. The fourth-order valence-electron chi connectivity index (χ4n) is 1.68. The number of rotatable bonds is 7. The van der Waals surface area contributed by atoms with E-state index in [1.165, 1.54) is 0 Å². The van der Waals surface area contributed by atoms with E-state index in [9.17, 15) is 5.11 Å². The molecule has 0 saturated carbocycles. The molecule has 4 N–H and O–H groups in total. The topological polar surface area (TPSA) is 80.4 Å². The number of nitrogen functional groups attached to an aromatic ring is 1. The van der Waals surface area contributed by atoms with Crippen molar-refractivity contribution in [3.05, 3.63) is 54.2 Å². The van der Waals surface area contributed by atoms with Crippen LogP contribution in [0.4, 0.5) is 5.82 Å². The van der Waals surface area contributed by atoms with E-state index in [0.717, 1.165) is 11.3 Å². The third-order valence-electron chi connectivity index (χ3n) is 2.77. The molecule has 5 nitrogen and oxygen atoms in total. The summed E-state index contributed by atoms with van der Waals surface area (Å²) < 4.78 is 5.52. The Kier molecular flexibility index (Phi) is 5.34. The predicted octanol–water partition coefficient (Wildman–Crippen LogP) is 1.17. The number of nitrogens with two attached hydrogens (primary N) is 1. The normalized spacial score (nSPS) is 12.1. The minimum Gasteiger partial charge on any atom is -0.492 e. The summed E-state index contributed by atoms with van der Waals surface area (Å²) in [5.41, 5.74) is 6.24. The summed E-state index contributed by atoms with van der Waals surface area (Å²) in [7, 11) is 0. The van der Waals surface area contributed by atoms with Gasteiger partial charge in [0.25, 0.3) is 0 Å². The van der Waals surface area contributed by atoms with Gasteiger partial charge in [0, 0.05) is 24.8 Å². The Hall–Kier alpha value is -2.11. The van der Waals surface area contributed by atoms with Crippen LogP contribution in [0.1, 0.15) is 11.7 Å². The van der Waals surface area contributed by atoms with Gasteiger partial charge in [-0.1, -0.05) is 18.2 Å². The highest BCUT2D eigenvalue weighted by molar-refractivity contribution is 5.30. The van der Waals surface area contributed by atoms with E-state index < -0.39 is 6.10 Å². The number of benzene rings is 1. The van der Waals surface area contributed by atoms with Crippen molar-refractivity contribution >= 4 is 5.82 Å². The van der Waals surface area contributed by atoms with Crippen molar-refractivity contribution in [2.24, 2.45) is 0 Å². The van der Waals surface area contributed by atoms with Crippen molar-refractivity contribution in [1.29, 1.82) is 0 Å². The first-order valence-corrected chi connectivity index (χ1v) is 6.45. The summed E-state index contributed by atoms with van der Waals surface area (Å²) in [6.07, 6.45) is 0.980. The van der Waals surface area contributed by atoms with E-state index in [0.29, 0.717) is 25.5 Å². The SMILES string of the molecule is Nc1ccc([C@H](O)CNCCOc2cc[c]cc2)cn1. The third kappa shape index (κ3) is 4.53. The fraction of sp³-hybridized carbons (Fsp3) is 0.267. The summed E-state index contributed by atoms with van der Waals surface area (Å²) in [6.45, 7) is 1.63. The zero-order chi connectivity index (χ0) is 14.2. The van der Waals surface area contributed by atoms with Crippen LogP contribution in [-0.4, -0.2) is 29.8 Å². The number of pyridine rings is 1. The van der Waals surface area contributed by atoms with Crippen molar-refractivity contribution in [2.75, 3.05) is 25.4 Å². The Morgan fingerprint density at radius 2 is 2.10 bits per heavy atom. The van der Waals surface area contributed by atoms with Crippen molar-refractivity contribution in [2.45, 2.75) is 6.10 Å². The number of aliphatic hydroxyl groups is 1. The number of hydrogen-bond donors (Lipinski definition) is 3. The van der Waals surface area contributed by atoms with Crippen molar-refractivity contribution in [3.8, 4) is 5.75 Å². The van der Waals surface area contributed by atoms with Gasteiger partial charge >= 0.3 is 0 Å². The molecule has 0 aliphatic heterocycles. The lowest BCUT2D eigenvalue weighted by Crippen LogP contribution is -2.26. The minimum absolute atomic E-state index is 0.442. The van der Waals surface area contributed by atoms with Crippen LogP contribution >= 0.6 is 0 Å². The Balaban J connectivity index is 1.64. The highest BCUT2D eigenvalue weighted by Crippen LogP contribution is 2.11. The van der Waals surface area contributed by atoms with Gasteiger partial charge in [-0.3, -0.25) is 0 Å². The van der Waals surface area contributed by atoms with Gasteiger partial charge in [-0.25, -0.2) is 4.98 Å². The molecule has 1 aromatic carbocycles. The lowest BCUT2D eigenvalue weighted by atomic mass is 10.1. The standard InChI is InChI=1S/C15H18N3O2/c16-15-7-6-12(10-18-15)14(19)11-17-8-9-20-13-4-2-1-3-5-13/h2-7,10,14,17,19H,8-9,11H2,(H2,16,18)/t14-/m1/s1. The van der Waals surface area contributed by atoms with Crippen LogP contribution in [0.15, 0.2) is 42.6 Å². The van der Waals surface area contributed by atoms with E-state index in [1.807, 2.05) is 12.1 Å². The molecule has 0 saturated heterocycles. The van der Waals surface area contributed by atoms with Gasteiger partial charge in [0.1, 0.15) is 18.2 Å². The van der Waals surface area contributed by atoms with E-state index in [-0.39, 0.29) is 0 Å². The van der Waals surface area contributed by atoms with Crippen molar-refractivity contribution < 1.29 is 9.84 Å². The second kappa shape index (κ2) is 7.47. The number of hydrogen-bond acceptors (Lipinski definition) is 5. The minimum atomic E-state index is -0.602. The highest BCUT2D eigenvalue weighted by Gasteiger charge is 2.06. The predicted molar refractivity (Wildman–Crippen MR) is 77.3 cm³/mol. The number of anilines is 1. The molecule has 105 valence electrons. The molecule has 0 aliphatic carbocycles. The third-order valence-corrected chi connectivity index (χ3v) is 2.77. The summed E-state index contributed by atoms with van der Waals surface area (Å²) >= 11 is 0. The van der Waals surface area contributed by atoms with Gasteiger partial charge in [0.2, 0.25) is 0 Å². The van der Waals surface area contributed by atoms with Crippen LogP contribution < -0.4 is 15.8 Å². The second-order valence-corrected chi connectivity index (χ2v) is 4.32. The van der Waals surface area contributed by atoms with Gasteiger partial charge in [0.05, 0.1) is 6.10 Å². The number of ether oxygens (including phenoxy) is 1. The zero-order valence-corrected chi connectivity index (χ0v) is 11.1. The Bertz CT molecular complexity index is 502. The molecule has 1 aromatic heterocycles. The van der Waals surface area contributed by atoms with Crippen molar-refractivity contribution in [1.82, 2.24) is 10.3 Å². The molecule has 2 aromatic rings. The van der Waals surface area contributed by atoms with Crippen LogP contribution in [0, 0.1) is 6.07 Å². The quantitative estimate of drug-likeness (QED) is 0.659. The largest absolute Gasteiger partial charge is 0.492 e. The average Bonchev–Trinajstić information content (AvgIpc) is 2.48. The lowest BCUT2D eigenvalue weighted by Gasteiger charge is -2.12. The van der Waals surface area contributed by atoms with E-state index in [1.54, 1.807) is 30.5 Å². The van der Waals surface area contributed by atoms with Crippen LogP contribution in [0.25, 0.3) is 0 Å². The molecule has 5 heteroatoms. The number of nitrogens with one attached hydrogen (secondary N) is 1. The maximum atomic E-state index is 9.94. The molecule has 0 unspecified atom stereocenters. The molecule has 1 radical (unpaired) electrons. The number of nitrogens with zero attached hydrogens (tertiary/aromatic N) is 1. The van der Waals surface area contributed by atoms with E-state index >= 15 is 0 Å². The molecular weight excluding hydrogens is 254 g/mol. The van der Waals surface area contributed by atoms with Crippen molar-refractivity contribution in [3.63, 3.8) is 0 Å². The van der Waals surface area contributed by atoms with Crippen LogP contribution in [0.5, 0.6) is 5.75 Å². The Morgan fingerprint density at radius 1 is 1.30 bits per heavy atom. The van der Waals surface area contributed by atoms with Gasteiger partial charge in [-0.2, -0.15) is 0 Å². The first kappa shape index (κ1) is 14.3. The monoisotopic (exact) mass is 272 g/mol. The summed E-state index contributed by atoms with van der Waals surface area (Å²) in [5, 5.41) is 13.1. The fourth-order valence-corrected chi connectivity index (χ4v) is 1.68. The molecule has 0 fully saturated rings. The van der Waals surface area contributed by atoms with Crippen LogP contribution in [-0.2, 0) is 0 Å². The van der Waals surface area contributed by atoms with Gasteiger partial charge in [0.15, 0.2) is 0 Å². The second-order valence-electron chi connectivity index (χ2n) is 4.32. The van der Waals surface area contributed by atoms with Gasteiger partial charge in [-0.15, -0.1) is 0 Å². The smallest absolute Gasteiger partial charge is 0.123 e. The summed E-state index contributed by atoms with van der Waals surface area (Å²) in [4.78, 5) is 3.95. The highest BCUT2D eigenvalue weighted by atomic mass is 16.5. The Morgan fingerprint density at radius 3 is 2.80 bits per heavy atom. The van der Waals surface area contributed by atoms with E-state index in [2.05, 4.69) is 16.4 Å². The molecule has 0 spiro atoms. The summed E-state index contributed by atoms with van der Waals surface area (Å²) in [6, 6.07) is 13.7. The van der Waals surface area contributed by atoms with Gasteiger partial charge in [-0.05, 0) is 24.3 Å².